The van der Waals surface area contributed by atoms with E-state index in [-0.39, 0.29) is 0 Å². The largest absolute Gasteiger partial charge is 0.383 e. The molecule has 0 radical (unpaired) electrons. The van der Waals surface area contributed by atoms with E-state index in [0.717, 1.165) is 19.0 Å². The number of hydrogen-bond acceptors (Lipinski definition) is 4. The van der Waals surface area contributed by atoms with Crippen LogP contribution in [0.15, 0.2) is 12.4 Å². The second kappa shape index (κ2) is 5.78. The highest BCUT2D eigenvalue weighted by molar-refractivity contribution is 8.00. The van der Waals surface area contributed by atoms with Crippen LogP contribution in [-0.4, -0.2) is 40.3 Å². The lowest BCUT2D eigenvalue weighted by molar-refractivity contribution is 0.210. The summed E-state index contributed by atoms with van der Waals surface area (Å²) < 4.78 is 7.62. The van der Waals surface area contributed by atoms with Crippen molar-refractivity contribution < 1.29 is 4.74 Å². The summed E-state index contributed by atoms with van der Waals surface area (Å²) in [5, 5.41) is 3.30. The lowest BCUT2D eigenvalue weighted by atomic mass is 10.1. The molecule has 0 bridgehead atoms. The van der Waals surface area contributed by atoms with Gasteiger partial charge in [0.1, 0.15) is 0 Å². The summed E-state index contributed by atoms with van der Waals surface area (Å²) >= 11 is 2.08. The lowest BCUT2D eigenvalue weighted by Gasteiger charge is -2.24. The zero-order chi connectivity index (χ0) is 12.1. The average molecular weight is 255 g/mol. The Morgan fingerprint density at radius 2 is 2.53 bits per heavy atom. The van der Waals surface area contributed by atoms with E-state index in [9.17, 15) is 0 Å². The summed E-state index contributed by atoms with van der Waals surface area (Å²) in [4.78, 5) is 4.35. The Morgan fingerprint density at radius 3 is 3.24 bits per heavy atom. The number of imidazole rings is 1. The molecule has 1 fully saturated rings. The van der Waals surface area contributed by atoms with Crippen LogP contribution in [0, 0.1) is 0 Å². The first-order chi connectivity index (χ1) is 8.23. The van der Waals surface area contributed by atoms with E-state index in [0.29, 0.717) is 11.4 Å². The fourth-order valence-corrected chi connectivity index (χ4v) is 3.49. The van der Waals surface area contributed by atoms with Gasteiger partial charge in [0, 0.05) is 37.3 Å². The predicted octanol–water partition coefficient (Wildman–Crippen LogP) is 2.23. The van der Waals surface area contributed by atoms with E-state index in [2.05, 4.69) is 39.8 Å². The minimum Gasteiger partial charge on any atom is -0.383 e. The molecule has 1 saturated heterocycles. The molecule has 0 spiro atoms. The summed E-state index contributed by atoms with van der Waals surface area (Å²) in [5.41, 5.74) is 0. The third kappa shape index (κ3) is 3.39. The molecule has 4 nitrogen and oxygen atoms in total. The molecule has 1 aliphatic rings. The molecular formula is C12H21N3OS. The summed E-state index contributed by atoms with van der Waals surface area (Å²) in [6.45, 7) is 4.90. The quantitative estimate of drug-likeness (QED) is 0.791. The SMILES string of the molecule is COCCNc1nccn1CC1(C)CCCS1. The van der Waals surface area contributed by atoms with E-state index in [1.165, 1.54) is 18.6 Å². The van der Waals surface area contributed by atoms with Crippen LogP contribution >= 0.6 is 11.8 Å². The van der Waals surface area contributed by atoms with Crippen LogP contribution in [0.25, 0.3) is 0 Å². The van der Waals surface area contributed by atoms with Crippen LogP contribution in [0.4, 0.5) is 5.95 Å². The molecule has 96 valence electrons. The topological polar surface area (TPSA) is 39.1 Å². The van der Waals surface area contributed by atoms with Gasteiger partial charge in [-0.25, -0.2) is 4.98 Å². The smallest absolute Gasteiger partial charge is 0.202 e. The van der Waals surface area contributed by atoms with E-state index >= 15 is 0 Å². The summed E-state index contributed by atoms with van der Waals surface area (Å²) in [5.74, 6) is 2.24. The van der Waals surface area contributed by atoms with Crippen molar-refractivity contribution in [1.29, 1.82) is 0 Å². The molecule has 1 aromatic heterocycles. The van der Waals surface area contributed by atoms with Gasteiger partial charge < -0.3 is 14.6 Å². The Balaban J connectivity index is 1.93. The zero-order valence-electron chi connectivity index (χ0n) is 10.6. The molecule has 1 unspecified atom stereocenters. The highest BCUT2D eigenvalue weighted by atomic mass is 32.2. The summed E-state index contributed by atoms with van der Waals surface area (Å²) in [6.07, 6.45) is 6.55. The Hall–Kier alpha value is -0.680. The molecule has 1 aliphatic heterocycles. The third-order valence-corrected chi connectivity index (χ3v) is 4.63. The lowest BCUT2D eigenvalue weighted by Crippen LogP contribution is -2.25. The molecule has 0 amide bonds. The number of ether oxygens (including phenoxy) is 1. The predicted molar refractivity (Wildman–Crippen MR) is 72.7 cm³/mol. The number of rotatable bonds is 6. The van der Waals surface area contributed by atoms with Crippen LogP contribution in [0.1, 0.15) is 19.8 Å². The van der Waals surface area contributed by atoms with Gasteiger partial charge in [-0.05, 0) is 25.5 Å². The fourth-order valence-electron chi connectivity index (χ4n) is 2.19. The maximum atomic E-state index is 5.03. The number of anilines is 1. The van der Waals surface area contributed by atoms with Gasteiger partial charge in [-0.3, -0.25) is 0 Å². The van der Waals surface area contributed by atoms with Crippen LogP contribution in [0.2, 0.25) is 0 Å². The van der Waals surface area contributed by atoms with Crippen molar-refractivity contribution in [3.8, 4) is 0 Å². The van der Waals surface area contributed by atoms with E-state index in [1.807, 2.05) is 6.20 Å². The molecule has 2 rings (SSSR count). The molecule has 17 heavy (non-hydrogen) atoms. The van der Waals surface area contributed by atoms with Gasteiger partial charge in [-0.15, -0.1) is 0 Å². The van der Waals surface area contributed by atoms with Crippen molar-refractivity contribution in [2.45, 2.75) is 31.1 Å². The number of nitrogens with one attached hydrogen (secondary N) is 1. The number of nitrogens with zero attached hydrogens (tertiary/aromatic N) is 2. The number of aromatic nitrogens is 2. The van der Waals surface area contributed by atoms with Crippen molar-refractivity contribution in [3.05, 3.63) is 12.4 Å². The van der Waals surface area contributed by atoms with E-state index < -0.39 is 0 Å². The Labute approximate surface area is 107 Å². The maximum absolute atomic E-state index is 5.03. The van der Waals surface area contributed by atoms with Crippen molar-refractivity contribution in [2.75, 3.05) is 31.3 Å². The van der Waals surface area contributed by atoms with Crippen LogP contribution in [0.5, 0.6) is 0 Å². The normalized spacial score (nSPS) is 24.1. The molecule has 1 aromatic rings. The van der Waals surface area contributed by atoms with Gasteiger partial charge >= 0.3 is 0 Å². The average Bonchev–Trinajstić information content (AvgIpc) is 2.90. The van der Waals surface area contributed by atoms with Gasteiger partial charge in [0.05, 0.1) is 6.61 Å². The standard InChI is InChI=1S/C12H21N3OS/c1-12(4-3-9-17-12)10-15-7-5-13-11(15)14-6-8-16-2/h5,7H,3-4,6,8-10H2,1-2H3,(H,13,14). The first-order valence-corrected chi connectivity index (χ1v) is 7.10. The van der Waals surface area contributed by atoms with Gasteiger partial charge in [0.25, 0.3) is 0 Å². The van der Waals surface area contributed by atoms with E-state index in [4.69, 9.17) is 4.74 Å². The number of hydrogen-bond donors (Lipinski definition) is 1. The summed E-state index contributed by atoms with van der Waals surface area (Å²) in [7, 11) is 1.71. The molecule has 1 N–H and O–H groups in total. The highest BCUT2D eigenvalue weighted by Gasteiger charge is 2.30. The highest BCUT2D eigenvalue weighted by Crippen LogP contribution is 2.39. The van der Waals surface area contributed by atoms with Gasteiger partial charge in [0.2, 0.25) is 5.95 Å². The molecule has 5 heteroatoms. The second-order valence-corrected chi connectivity index (χ2v) is 6.38. The Morgan fingerprint density at radius 1 is 1.65 bits per heavy atom. The second-order valence-electron chi connectivity index (χ2n) is 4.70. The molecule has 2 heterocycles. The fraction of sp³-hybridized carbons (Fsp3) is 0.750. The summed E-state index contributed by atoms with van der Waals surface area (Å²) in [6, 6.07) is 0. The zero-order valence-corrected chi connectivity index (χ0v) is 11.4. The van der Waals surface area contributed by atoms with Gasteiger partial charge in [-0.1, -0.05) is 0 Å². The Kier molecular flexibility index (Phi) is 4.34. The van der Waals surface area contributed by atoms with Crippen LogP contribution in [-0.2, 0) is 11.3 Å². The van der Waals surface area contributed by atoms with Gasteiger partial charge in [0.15, 0.2) is 0 Å². The van der Waals surface area contributed by atoms with Crippen molar-refractivity contribution >= 4 is 17.7 Å². The van der Waals surface area contributed by atoms with Crippen molar-refractivity contribution in [2.24, 2.45) is 0 Å². The molecular weight excluding hydrogens is 234 g/mol. The van der Waals surface area contributed by atoms with Crippen LogP contribution in [0.3, 0.4) is 0 Å². The monoisotopic (exact) mass is 255 g/mol. The van der Waals surface area contributed by atoms with Gasteiger partial charge in [-0.2, -0.15) is 11.8 Å². The maximum Gasteiger partial charge on any atom is 0.202 e. The number of thioether (sulfide) groups is 1. The minimum absolute atomic E-state index is 0.373. The molecule has 1 atom stereocenters. The number of methoxy groups -OCH3 is 1. The molecule has 0 aliphatic carbocycles. The molecule has 0 aromatic carbocycles. The van der Waals surface area contributed by atoms with Crippen molar-refractivity contribution in [1.82, 2.24) is 9.55 Å². The third-order valence-electron chi connectivity index (χ3n) is 3.11. The Bertz CT molecular complexity index is 347. The van der Waals surface area contributed by atoms with Crippen molar-refractivity contribution in [3.63, 3.8) is 0 Å². The van der Waals surface area contributed by atoms with E-state index in [1.54, 1.807) is 7.11 Å². The minimum atomic E-state index is 0.373. The molecule has 0 saturated carbocycles. The first-order valence-electron chi connectivity index (χ1n) is 6.11. The first kappa shape index (κ1) is 12.8. The van der Waals surface area contributed by atoms with Crippen LogP contribution < -0.4 is 5.32 Å².